The molecule has 1 heterocycles. The van der Waals surface area contributed by atoms with Crippen LogP contribution in [0.4, 0.5) is 0 Å². The van der Waals surface area contributed by atoms with Crippen LogP contribution in [-0.2, 0) is 4.79 Å². The van der Waals surface area contributed by atoms with Crippen LogP contribution in [0.5, 0.6) is 5.75 Å². The van der Waals surface area contributed by atoms with Crippen LogP contribution in [0, 0.1) is 0 Å². The molecule has 0 aliphatic rings. The summed E-state index contributed by atoms with van der Waals surface area (Å²) in [5.41, 5.74) is -1.23. The maximum Gasteiger partial charge on any atom is 0.329 e. The maximum atomic E-state index is 11.9. The van der Waals surface area contributed by atoms with Crippen LogP contribution < -0.4 is 10.1 Å². The fraction of sp³-hybridized carbons (Fsp3) is 0.500. The van der Waals surface area contributed by atoms with E-state index in [9.17, 15) is 14.7 Å². The minimum absolute atomic E-state index is 0.385. The minimum atomic E-state index is -1.23. The number of aliphatic carboxylic acids is 1. The van der Waals surface area contributed by atoms with Crippen molar-refractivity contribution in [3.63, 3.8) is 0 Å². The highest BCUT2D eigenvalue weighted by atomic mass is 32.1. The lowest BCUT2D eigenvalue weighted by molar-refractivity contribution is -0.144. The zero-order chi connectivity index (χ0) is 13.8. The molecular weight excluding hydrogens is 254 g/mol. The van der Waals surface area contributed by atoms with Crippen molar-refractivity contribution in [3.8, 4) is 5.75 Å². The van der Waals surface area contributed by atoms with E-state index in [4.69, 9.17) is 4.74 Å². The number of rotatable bonds is 6. The third kappa shape index (κ3) is 3.22. The van der Waals surface area contributed by atoms with Crippen LogP contribution in [-0.4, -0.2) is 29.6 Å². The zero-order valence-electron chi connectivity index (χ0n) is 10.6. The molecule has 6 heteroatoms. The molecule has 2 N–H and O–H groups in total. The number of ether oxygens (including phenoxy) is 1. The number of thiophene rings is 1. The molecule has 100 valence electrons. The maximum absolute atomic E-state index is 11.9. The molecule has 0 saturated carbocycles. The van der Waals surface area contributed by atoms with Crippen molar-refractivity contribution >= 4 is 23.2 Å². The monoisotopic (exact) mass is 271 g/mol. The van der Waals surface area contributed by atoms with Crippen LogP contribution >= 0.6 is 11.3 Å². The third-order valence-corrected chi connectivity index (χ3v) is 3.55. The van der Waals surface area contributed by atoms with E-state index in [1.54, 1.807) is 11.4 Å². The molecule has 1 amide bonds. The first-order valence-electron chi connectivity index (χ1n) is 5.61. The second-order valence-electron chi connectivity index (χ2n) is 4.19. The second-order valence-corrected chi connectivity index (χ2v) is 5.10. The molecule has 18 heavy (non-hydrogen) atoms. The number of methoxy groups -OCH3 is 1. The number of hydrogen-bond acceptors (Lipinski definition) is 4. The quantitative estimate of drug-likeness (QED) is 0.831. The van der Waals surface area contributed by atoms with Gasteiger partial charge in [-0.2, -0.15) is 0 Å². The van der Waals surface area contributed by atoms with E-state index in [0.717, 1.165) is 0 Å². The number of carbonyl (C=O) groups excluding carboxylic acids is 1. The summed E-state index contributed by atoms with van der Waals surface area (Å²) in [5, 5.41) is 13.4. The first kappa shape index (κ1) is 14.5. The average molecular weight is 271 g/mol. The molecule has 1 aromatic rings. The van der Waals surface area contributed by atoms with Gasteiger partial charge in [-0.15, -0.1) is 11.3 Å². The van der Waals surface area contributed by atoms with Crippen molar-refractivity contribution in [2.75, 3.05) is 7.11 Å². The van der Waals surface area contributed by atoms with E-state index in [0.29, 0.717) is 23.5 Å². The SMILES string of the molecule is CCCC(C)(NC(=O)c1cc(OC)cs1)C(=O)O. The number of carboxylic acids is 1. The topological polar surface area (TPSA) is 75.6 Å². The van der Waals surface area contributed by atoms with Crippen molar-refractivity contribution in [2.45, 2.75) is 32.2 Å². The van der Waals surface area contributed by atoms with E-state index >= 15 is 0 Å². The van der Waals surface area contributed by atoms with Crippen molar-refractivity contribution in [1.82, 2.24) is 5.32 Å². The van der Waals surface area contributed by atoms with Gasteiger partial charge in [-0.1, -0.05) is 13.3 Å². The third-order valence-electron chi connectivity index (χ3n) is 2.65. The van der Waals surface area contributed by atoms with Crippen molar-refractivity contribution in [1.29, 1.82) is 0 Å². The smallest absolute Gasteiger partial charge is 0.329 e. The Balaban J connectivity index is 2.81. The highest BCUT2D eigenvalue weighted by Crippen LogP contribution is 2.22. The number of amides is 1. The van der Waals surface area contributed by atoms with E-state index in [2.05, 4.69) is 5.32 Å². The molecule has 0 fully saturated rings. The molecule has 5 nitrogen and oxygen atoms in total. The molecular formula is C12H17NO4S. The molecule has 0 bridgehead atoms. The van der Waals surface area contributed by atoms with Crippen molar-refractivity contribution in [2.24, 2.45) is 0 Å². The average Bonchev–Trinajstić information content (AvgIpc) is 2.77. The number of carbonyl (C=O) groups is 2. The largest absolute Gasteiger partial charge is 0.496 e. The predicted molar refractivity (Wildman–Crippen MR) is 69.3 cm³/mol. The Morgan fingerprint density at radius 3 is 2.67 bits per heavy atom. The van der Waals surface area contributed by atoms with Gasteiger partial charge in [0, 0.05) is 11.4 Å². The van der Waals surface area contributed by atoms with Crippen molar-refractivity contribution in [3.05, 3.63) is 16.3 Å². The second kappa shape index (κ2) is 5.86. The lowest BCUT2D eigenvalue weighted by Gasteiger charge is -2.25. The number of carboxylic acid groups (broad SMARTS) is 1. The van der Waals surface area contributed by atoms with Gasteiger partial charge in [0.15, 0.2) is 0 Å². The van der Waals surface area contributed by atoms with Gasteiger partial charge in [-0.3, -0.25) is 4.79 Å². The molecule has 1 aromatic heterocycles. The van der Waals surface area contributed by atoms with Crippen LogP contribution in [0.1, 0.15) is 36.4 Å². The van der Waals surface area contributed by atoms with Gasteiger partial charge in [-0.25, -0.2) is 4.79 Å². The highest BCUT2D eigenvalue weighted by molar-refractivity contribution is 7.12. The van der Waals surface area contributed by atoms with Crippen LogP contribution in [0.2, 0.25) is 0 Å². The van der Waals surface area contributed by atoms with E-state index < -0.39 is 11.5 Å². The van der Waals surface area contributed by atoms with Gasteiger partial charge >= 0.3 is 5.97 Å². The Labute approximate surface area is 110 Å². The normalized spacial score (nSPS) is 13.7. The first-order valence-corrected chi connectivity index (χ1v) is 6.49. The van der Waals surface area contributed by atoms with E-state index in [1.807, 2.05) is 6.92 Å². The molecule has 1 rings (SSSR count). The van der Waals surface area contributed by atoms with Crippen LogP contribution in [0.15, 0.2) is 11.4 Å². The Hall–Kier alpha value is -1.56. The standard InChI is InChI=1S/C12H17NO4S/c1-4-5-12(2,11(15)16)13-10(14)9-6-8(17-3)7-18-9/h6-7H,4-5H2,1-3H3,(H,13,14)(H,15,16). The van der Waals surface area contributed by atoms with Gasteiger partial charge in [0.2, 0.25) is 0 Å². The predicted octanol–water partition coefficient (Wildman–Crippen LogP) is 2.13. The summed E-state index contributed by atoms with van der Waals surface area (Å²) in [6.45, 7) is 3.39. The van der Waals surface area contributed by atoms with Gasteiger partial charge in [0.05, 0.1) is 12.0 Å². The fourth-order valence-corrected chi connectivity index (χ4v) is 2.33. The highest BCUT2D eigenvalue weighted by Gasteiger charge is 2.34. The summed E-state index contributed by atoms with van der Waals surface area (Å²) in [5.74, 6) is -0.819. The Morgan fingerprint density at radius 1 is 1.56 bits per heavy atom. The summed E-state index contributed by atoms with van der Waals surface area (Å²) in [4.78, 5) is 23.6. The minimum Gasteiger partial charge on any atom is -0.496 e. The molecule has 1 unspecified atom stereocenters. The molecule has 1 atom stereocenters. The van der Waals surface area contributed by atoms with Crippen molar-refractivity contribution < 1.29 is 19.4 Å². The van der Waals surface area contributed by atoms with Crippen LogP contribution in [0.3, 0.4) is 0 Å². The summed E-state index contributed by atoms with van der Waals surface area (Å²) in [6, 6.07) is 1.59. The molecule has 0 aliphatic heterocycles. The Bertz CT molecular complexity index is 443. The number of hydrogen-bond donors (Lipinski definition) is 2. The molecule has 0 saturated heterocycles. The molecule has 0 radical (unpaired) electrons. The van der Waals surface area contributed by atoms with Gasteiger partial charge in [-0.05, 0) is 13.3 Å². The molecule has 0 aliphatic carbocycles. The lowest BCUT2D eigenvalue weighted by Crippen LogP contribution is -2.51. The Morgan fingerprint density at radius 2 is 2.22 bits per heavy atom. The molecule has 0 spiro atoms. The zero-order valence-corrected chi connectivity index (χ0v) is 11.5. The first-order chi connectivity index (χ1) is 8.42. The summed E-state index contributed by atoms with van der Waals surface area (Å²) < 4.78 is 4.98. The van der Waals surface area contributed by atoms with Gasteiger partial charge < -0.3 is 15.2 Å². The number of nitrogens with one attached hydrogen (secondary N) is 1. The summed E-state index contributed by atoms with van der Waals surface area (Å²) in [7, 11) is 1.52. The van der Waals surface area contributed by atoms with E-state index in [-0.39, 0.29) is 5.91 Å². The Kier molecular flexibility index (Phi) is 4.72. The fourth-order valence-electron chi connectivity index (χ4n) is 1.58. The van der Waals surface area contributed by atoms with E-state index in [1.165, 1.54) is 25.4 Å². The lowest BCUT2D eigenvalue weighted by atomic mass is 9.96. The summed E-state index contributed by atoms with van der Waals surface area (Å²) >= 11 is 1.22. The van der Waals surface area contributed by atoms with Gasteiger partial charge in [0.1, 0.15) is 11.3 Å². The van der Waals surface area contributed by atoms with Crippen LogP contribution in [0.25, 0.3) is 0 Å². The summed E-state index contributed by atoms with van der Waals surface area (Å²) in [6.07, 6.45) is 1.06. The molecule has 0 aromatic carbocycles. The van der Waals surface area contributed by atoms with Gasteiger partial charge in [0.25, 0.3) is 5.91 Å².